The Balaban J connectivity index is 1.77. The highest BCUT2D eigenvalue weighted by Gasteiger charge is 2.22. The van der Waals surface area contributed by atoms with Gasteiger partial charge in [0.25, 0.3) is 0 Å². The molecular formula is C17H23NO3. The smallest absolute Gasteiger partial charge is 0.220 e. The number of rotatable bonds is 4. The first-order chi connectivity index (χ1) is 10.3. The van der Waals surface area contributed by atoms with E-state index in [1.807, 2.05) is 6.07 Å². The molecule has 1 aromatic rings. The van der Waals surface area contributed by atoms with Crippen molar-refractivity contribution in [1.82, 2.24) is 5.32 Å². The zero-order valence-corrected chi connectivity index (χ0v) is 12.6. The molecular weight excluding hydrogens is 266 g/mol. The van der Waals surface area contributed by atoms with Crippen LogP contribution in [-0.4, -0.2) is 25.7 Å². The third kappa shape index (κ3) is 3.31. The number of benzene rings is 1. The minimum atomic E-state index is 0.155. The highest BCUT2D eigenvalue weighted by molar-refractivity contribution is 5.76. The Morgan fingerprint density at radius 1 is 1.14 bits per heavy atom. The van der Waals surface area contributed by atoms with Crippen LogP contribution in [0.25, 0.3) is 0 Å². The van der Waals surface area contributed by atoms with Gasteiger partial charge in [0, 0.05) is 18.9 Å². The lowest BCUT2D eigenvalue weighted by molar-refractivity contribution is -0.122. The molecule has 2 aliphatic rings. The monoisotopic (exact) mass is 289 g/mol. The molecule has 1 saturated heterocycles. The molecule has 0 bridgehead atoms. The maximum absolute atomic E-state index is 11.3. The molecule has 1 amide bonds. The fourth-order valence-electron chi connectivity index (χ4n) is 3.24. The Hall–Kier alpha value is -1.71. The fraction of sp³-hybridized carbons (Fsp3) is 0.588. The second kappa shape index (κ2) is 6.37. The van der Waals surface area contributed by atoms with Gasteiger partial charge in [-0.1, -0.05) is 6.07 Å². The van der Waals surface area contributed by atoms with E-state index in [1.54, 1.807) is 7.11 Å². The van der Waals surface area contributed by atoms with Gasteiger partial charge in [0.1, 0.15) is 0 Å². The summed E-state index contributed by atoms with van der Waals surface area (Å²) in [5.74, 6) is 2.17. The molecule has 1 aromatic carbocycles. The summed E-state index contributed by atoms with van der Waals surface area (Å²) in [5.41, 5.74) is 1.23. The van der Waals surface area contributed by atoms with E-state index in [0.717, 1.165) is 30.8 Å². The standard InChI is InChI=1S/C17H23NO3/c1-20-15-8-6-12(13-7-9-17(19)18-11-13)10-16(15)21-14-4-2-3-5-14/h6,8,10,13-14H,2-5,7,9,11H2,1H3,(H,18,19)/t13-/m1/s1. The molecule has 1 atom stereocenters. The molecule has 0 radical (unpaired) electrons. The third-order valence-corrected chi connectivity index (χ3v) is 4.52. The van der Waals surface area contributed by atoms with Crippen molar-refractivity contribution in [3.63, 3.8) is 0 Å². The van der Waals surface area contributed by atoms with Gasteiger partial charge < -0.3 is 14.8 Å². The maximum atomic E-state index is 11.3. The van der Waals surface area contributed by atoms with Crippen LogP contribution in [-0.2, 0) is 4.79 Å². The zero-order chi connectivity index (χ0) is 14.7. The van der Waals surface area contributed by atoms with Gasteiger partial charge in [-0.3, -0.25) is 4.79 Å². The Bertz CT molecular complexity index is 499. The molecule has 1 N–H and O–H groups in total. The largest absolute Gasteiger partial charge is 0.493 e. The summed E-state index contributed by atoms with van der Waals surface area (Å²) in [6.07, 6.45) is 6.60. The summed E-state index contributed by atoms with van der Waals surface area (Å²) in [6, 6.07) is 6.16. The lowest BCUT2D eigenvalue weighted by atomic mass is 9.91. The number of carbonyl (C=O) groups is 1. The van der Waals surface area contributed by atoms with Crippen LogP contribution in [0.15, 0.2) is 18.2 Å². The van der Waals surface area contributed by atoms with Crippen LogP contribution in [0.3, 0.4) is 0 Å². The molecule has 1 saturated carbocycles. The molecule has 0 spiro atoms. The first-order valence-electron chi connectivity index (χ1n) is 7.87. The van der Waals surface area contributed by atoms with Crippen molar-refractivity contribution in [2.24, 2.45) is 0 Å². The second-order valence-corrected chi connectivity index (χ2v) is 5.97. The Morgan fingerprint density at radius 3 is 2.62 bits per heavy atom. The molecule has 114 valence electrons. The molecule has 1 heterocycles. The molecule has 21 heavy (non-hydrogen) atoms. The lowest BCUT2D eigenvalue weighted by Gasteiger charge is -2.24. The molecule has 1 aliphatic carbocycles. The lowest BCUT2D eigenvalue weighted by Crippen LogP contribution is -2.33. The van der Waals surface area contributed by atoms with E-state index in [-0.39, 0.29) is 5.91 Å². The van der Waals surface area contributed by atoms with Crippen molar-refractivity contribution < 1.29 is 14.3 Å². The summed E-state index contributed by atoms with van der Waals surface area (Å²) in [5, 5.41) is 2.94. The number of carbonyl (C=O) groups excluding carboxylic acids is 1. The van der Waals surface area contributed by atoms with Crippen LogP contribution in [0, 0.1) is 0 Å². The maximum Gasteiger partial charge on any atom is 0.220 e. The van der Waals surface area contributed by atoms with Crippen molar-refractivity contribution in [3.8, 4) is 11.5 Å². The van der Waals surface area contributed by atoms with Crippen LogP contribution >= 0.6 is 0 Å². The number of ether oxygens (including phenoxy) is 2. The van der Waals surface area contributed by atoms with Crippen molar-refractivity contribution in [2.75, 3.05) is 13.7 Å². The predicted octanol–water partition coefficient (Wildman–Crippen LogP) is 3.01. The SMILES string of the molecule is COc1ccc([C@@H]2CCC(=O)NC2)cc1OC1CCCC1. The molecule has 0 aromatic heterocycles. The van der Waals surface area contributed by atoms with Gasteiger partial charge in [-0.05, 0) is 49.8 Å². The number of nitrogens with one attached hydrogen (secondary N) is 1. The van der Waals surface area contributed by atoms with Gasteiger partial charge in [0.15, 0.2) is 11.5 Å². The van der Waals surface area contributed by atoms with Crippen molar-refractivity contribution in [3.05, 3.63) is 23.8 Å². The summed E-state index contributed by atoms with van der Waals surface area (Å²) in [7, 11) is 1.68. The average molecular weight is 289 g/mol. The molecule has 0 unspecified atom stereocenters. The molecule has 1 aliphatic heterocycles. The second-order valence-electron chi connectivity index (χ2n) is 5.97. The fourth-order valence-corrected chi connectivity index (χ4v) is 3.24. The third-order valence-electron chi connectivity index (χ3n) is 4.52. The summed E-state index contributed by atoms with van der Waals surface area (Å²) >= 11 is 0. The quantitative estimate of drug-likeness (QED) is 0.927. The van der Waals surface area contributed by atoms with Crippen molar-refractivity contribution in [1.29, 1.82) is 0 Å². The molecule has 4 nitrogen and oxygen atoms in total. The molecule has 3 rings (SSSR count). The highest BCUT2D eigenvalue weighted by Crippen LogP contribution is 2.35. The highest BCUT2D eigenvalue weighted by atomic mass is 16.5. The zero-order valence-electron chi connectivity index (χ0n) is 12.6. The van der Waals surface area contributed by atoms with E-state index in [9.17, 15) is 4.79 Å². The number of amides is 1. The van der Waals surface area contributed by atoms with Gasteiger partial charge in [0.2, 0.25) is 5.91 Å². The number of piperidine rings is 1. The number of hydrogen-bond acceptors (Lipinski definition) is 3. The molecule has 4 heteroatoms. The van der Waals surface area contributed by atoms with Crippen molar-refractivity contribution in [2.45, 2.75) is 50.5 Å². The Kier molecular flexibility index (Phi) is 4.32. The predicted molar refractivity (Wildman–Crippen MR) is 80.9 cm³/mol. The van der Waals surface area contributed by atoms with Crippen LogP contribution in [0.4, 0.5) is 0 Å². The number of methoxy groups -OCH3 is 1. The normalized spacial score (nSPS) is 22.9. The van der Waals surface area contributed by atoms with E-state index in [2.05, 4.69) is 17.4 Å². The summed E-state index contributed by atoms with van der Waals surface area (Å²) < 4.78 is 11.6. The number of hydrogen-bond donors (Lipinski definition) is 1. The van der Waals surface area contributed by atoms with Gasteiger partial charge in [-0.2, -0.15) is 0 Å². The van der Waals surface area contributed by atoms with E-state index >= 15 is 0 Å². The average Bonchev–Trinajstić information content (AvgIpc) is 3.01. The van der Waals surface area contributed by atoms with Crippen LogP contribution < -0.4 is 14.8 Å². The van der Waals surface area contributed by atoms with Gasteiger partial charge in [-0.15, -0.1) is 0 Å². The van der Waals surface area contributed by atoms with Crippen LogP contribution in [0.2, 0.25) is 0 Å². The molecule has 2 fully saturated rings. The van der Waals surface area contributed by atoms with E-state index < -0.39 is 0 Å². The minimum absolute atomic E-state index is 0.155. The topological polar surface area (TPSA) is 47.6 Å². The van der Waals surface area contributed by atoms with Gasteiger partial charge in [-0.25, -0.2) is 0 Å². The van der Waals surface area contributed by atoms with Gasteiger partial charge in [0.05, 0.1) is 13.2 Å². The van der Waals surface area contributed by atoms with E-state index in [4.69, 9.17) is 9.47 Å². The van der Waals surface area contributed by atoms with E-state index in [1.165, 1.54) is 18.4 Å². The van der Waals surface area contributed by atoms with Crippen LogP contribution in [0.1, 0.15) is 50.0 Å². The van der Waals surface area contributed by atoms with Gasteiger partial charge >= 0.3 is 0 Å². The van der Waals surface area contributed by atoms with E-state index in [0.29, 0.717) is 25.0 Å². The Labute approximate surface area is 125 Å². The summed E-state index contributed by atoms with van der Waals surface area (Å²) in [6.45, 7) is 0.716. The Morgan fingerprint density at radius 2 is 1.95 bits per heavy atom. The first-order valence-corrected chi connectivity index (χ1v) is 7.87. The first kappa shape index (κ1) is 14.2. The van der Waals surface area contributed by atoms with Crippen LogP contribution in [0.5, 0.6) is 11.5 Å². The summed E-state index contributed by atoms with van der Waals surface area (Å²) in [4.78, 5) is 11.3. The minimum Gasteiger partial charge on any atom is -0.493 e. The van der Waals surface area contributed by atoms with Crippen molar-refractivity contribution >= 4 is 5.91 Å².